The summed E-state index contributed by atoms with van der Waals surface area (Å²) in [4.78, 5) is 47.9. The van der Waals surface area contributed by atoms with Gasteiger partial charge in [0.05, 0.1) is 16.9 Å². The molecule has 150 valence electrons. The molecule has 1 aliphatic rings. The van der Waals surface area contributed by atoms with Crippen LogP contribution in [0.25, 0.3) is 17.4 Å². The quantitative estimate of drug-likeness (QED) is 0.313. The van der Waals surface area contributed by atoms with Crippen LogP contribution in [0.5, 0.6) is 0 Å². The Labute approximate surface area is 169 Å². The molecule has 3 rings (SSSR count). The first-order valence-corrected chi connectivity index (χ1v) is 9.24. The van der Waals surface area contributed by atoms with E-state index in [2.05, 4.69) is 4.74 Å². The number of carbonyl (C=O) groups excluding carboxylic acids is 3. The lowest BCUT2D eigenvalue weighted by Gasteiger charge is -2.18. The first-order chi connectivity index (χ1) is 13.7. The van der Waals surface area contributed by atoms with E-state index < -0.39 is 28.1 Å². The van der Waals surface area contributed by atoms with Gasteiger partial charge in [-0.2, -0.15) is 0 Å². The third kappa shape index (κ3) is 3.92. The molecule has 0 unspecified atom stereocenters. The zero-order chi connectivity index (χ0) is 21.3. The van der Waals surface area contributed by atoms with Crippen LogP contribution in [0.4, 0.5) is 10.5 Å². The van der Waals surface area contributed by atoms with Gasteiger partial charge in [-0.05, 0) is 37.7 Å². The number of esters is 1. The van der Waals surface area contributed by atoms with Gasteiger partial charge in [0, 0.05) is 23.3 Å². The number of hydrogen-bond donors (Lipinski definition) is 0. The number of imide groups is 1. The van der Waals surface area contributed by atoms with Crippen LogP contribution in [0.15, 0.2) is 39.7 Å². The maximum Gasteiger partial charge on any atom is 0.328 e. The lowest BCUT2D eigenvalue weighted by molar-refractivity contribution is -0.385. The number of thioether (sulfide) groups is 1. The maximum atomic E-state index is 12.5. The van der Waals surface area contributed by atoms with Crippen molar-refractivity contribution in [1.82, 2.24) is 4.90 Å². The van der Waals surface area contributed by atoms with Crippen LogP contribution in [0.3, 0.4) is 0 Å². The average Bonchev–Trinajstić information content (AvgIpc) is 3.25. The van der Waals surface area contributed by atoms with Gasteiger partial charge in [-0.1, -0.05) is 12.1 Å². The van der Waals surface area contributed by atoms with E-state index in [9.17, 15) is 24.5 Å². The van der Waals surface area contributed by atoms with Crippen molar-refractivity contribution in [2.45, 2.75) is 19.9 Å². The van der Waals surface area contributed by atoms with Crippen molar-refractivity contribution in [1.29, 1.82) is 0 Å². The van der Waals surface area contributed by atoms with Gasteiger partial charge in [0.1, 0.15) is 17.6 Å². The zero-order valence-electron chi connectivity index (χ0n) is 15.7. The number of methoxy groups -OCH3 is 1. The lowest BCUT2D eigenvalue weighted by atomic mass is 10.1. The summed E-state index contributed by atoms with van der Waals surface area (Å²) in [5.41, 5.74) is 1.01. The average molecular weight is 416 g/mol. The molecule has 1 aliphatic heterocycles. The molecule has 0 aliphatic carbocycles. The molecule has 10 heteroatoms. The zero-order valence-corrected chi connectivity index (χ0v) is 16.5. The summed E-state index contributed by atoms with van der Waals surface area (Å²) >= 11 is 0.688. The van der Waals surface area contributed by atoms with Gasteiger partial charge in [-0.15, -0.1) is 0 Å². The highest BCUT2D eigenvalue weighted by Crippen LogP contribution is 2.35. The van der Waals surface area contributed by atoms with Gasteiger partial charge in [0.15, 0.2) is 0 Å². The molecule has 1 aromatic carbocycles. The van der Waals surface area contributed by atoms with Crippen molar-refractivity contribution in [2.75, 3.05) is 7.11 Å². The minimum Gasteiger partial charge on any atom is -0.467 e. The predicted octanol–water partition coefficient (Wildman–Crippen LogP) is 3.76. The van der Waals surface area contributed by atoms with Gasteiger partial charge in [0.25, 0.3) is 16.8 Å². The second-order valence-corrected chi connectivity index (χ2v) is 7.20. The normalized spacial score (nSPS) is 16.4. The van der Waals surface area contributed by atoms with Crippen molar-refractivity contribution >= 4 is 40.6 Å². The Balaban J connectivity index is 1.87. The third-order valence-corrected chi connectivity index (χ3v) is 5.23. The second-order valence-electron chi connectivity index (χ2n) is 6.21. The Bertz CT molecular complexity index is 1060. The standard InChI is InChI=1S/C19H16N2O7S/c1-10-4-5-12(8-14(10)21(25)26)15-7-6-13(28-15)9-16-17(22)20(19(24)29-16)11(2)18(23)27-3/h4-9,11H,1-3H3/b16-9+/t11-/m1/s1. The molecule has 0 bridgehead atoms. The van der Waals surface area contributed by atoms with Crippen LogP contribution in [-0.4, -0.2) is 40.1 Å². The third-order valence-electron chi connectivity index (χ3n) is 4.34. The highest BCUT2D eigenvalue weighted by Gasteiger charge is 2.41. The number of furan rings is 1. The van der Waals surface area contributed by atoms with E-state index in [1.165, 1.54) is 26.2 Å². The van der Waals surface area contributed by atoms with E-state index in [0.29, 0.717) is 34.4 Å². The molecule has 0 radical (unpaired) electrons. The Morgan fingerprint density at radius 1 is 1.31 bits per heavy atom. The van der Waals surface area contributed by atoms with Gasteiger partial charge in [-0.25, -0.2) is 4.79 Å². The van der Waals surface area contributed by atoms with Crippen molar-refractivity contribution in [2.24, 2.45) is 0 Å². The summed E-state index contributed by atoms with van der Waals surface area (Å²) in [7, 11) is 1.17. The molecule has 1 fully saturated rings. The molecule has 2 heterocycles. The molecule has 0 spiro atoms. The minimum absolute atomic E-state index is 0.0293. The number of nitro benzene ring substituents is 1. The topological polar surface area (TPSA) is 120 Å². The minimum atomic E-state index is -1.04. The predicted molar refractivity (Wildman–Crippen MR) is 105 cm³/mol. The fourth-order valence-electron chi connectivity index (χ4n) is 2.76. The SMILES string of the molecule is COC(=O)[C@@H](C)N1C(=O)S/C(=C/c2ccc(-c3ccc(C)c([N+](=O)[O-])c3)o2)C1=O. The summed E-state index contributed by atoms with van der Waals surface area (Å²) in [5.74, 6) is -0.655. The Kier molecular flexibility index (Phi) is 5.55. The van der Waals surface area contributed by atoms with Crippen LogP contribution < -0.4 is 0 Å². The Morgan fingerprint density at radius 3 is 2.69 bits per heavy atom. The van der Waals surface area contributed by atoms with Crippen LogP contribution in [-0.2, 0) is 14.3 Å². The Hall–Kier alpha value is -3.40. The first-order valence-electron chi connectivity index (χ1n) is 8.43. The molecule has 29 heavy (non-hydrogen) atoms. The van der Waals surface area contributed by atoms with Crippen molar-refractivity contribution in [3.8, 4) is 11.3 Å². The van der Waals surface area contributed by atoms with E-state index >= 15 is 0 Å². The van der Waals surface area contributed by atoms with Crippen LogP contribution in [0.2, 0.25) is 0 Å². The highest BCUT2D eigenvalue weighted by molar-refractivity contribution is 8.18. The molecule has 1 saturated heterocycles. The number of hydrogen-bond acceptors (Lipinski definition) is 8. The Morgan fingerprint density at radius 2 is 2.03 bits per heavy atom. The lowest BCUT2D eigenvalue weighted by Crippen LogP contribution is -2.42. The smallest absolute Gasteiger partial charge is 0.328 e. The van der Waals surface area contributed by atoms with Crippen molar-refractivity contribution in [3.63, 3.8) is 0 Å². The van der Waals surface area contributed by atoms with Gasteiger partial charge < -0.3 is 9.15 Å². The number of nitro groups is 1. The number of carbonyl (C=O) groups is 3. The van der Waals surface area contributed by atoms with Crippen LogP contribution in [0.1, 0.15) is 18.2 Å². The molecule has 0 saturated carbocycles. The number of aryl methyl sites for hydroxylation is 1. The molecule has 2 amide bonds. The number of ether oxygens (including phenoxy) is 1. The number of rotatable bonds is 5. The largest absolute Gasteiger partial charge is 0.467 e. The molecule has 0 N–H and O–H groups in total. The summed E-state index contributed by atoms with van der Waals surface area (Å²) in [5, 5.41) is 10.5. The van der Waals surface area contributed by atoms with E-state index in [1.807, 2.05) is 0 Å². The van der Waals surface area contributed by atoms with Gasteiger partial charge >= 0.3 is 5.97 Å². The molecule has 1 aromatic heterocycles. The number of benzene rings is 1. The highest BCUT2D eigenvalue weighted by atomic mass is 32.2. The number of amides is 2. The fourth-order valence-corrected chi connectivity index (χ4v) is 3.65. The number of nitrogens with zero attached hydrogens (tertiary/aromatic N) is 2. The first kappa shape index (κ1) is 20.3. The molecular weight excluding hydrogens is 400 g/mol. The summed E-state index contributed by atoms with van der Waals surface area (Å²) in [6.07, 6.45) is 1.39. The molecule has 2 aromatic rings. The van der Waals surface area contributed by atoms with E-state index in [1.54, 1.807) is 31.2 Å². The second kappa shape index (κ2) is 7.92. The maximum absolute atomic E-state index is 12.5. The fraction of sp³-hybridized carbons (Fsp3) is 0.211. The van der Waals surface area contributed by atoms with Gasteiger partial charge in [-0.3, -0.25) is 24.6 Å². The van der Waals surface area contributed by atoms with E-state index in [4.69, 9.17) is 4.42 Å². The van der Waals surface area contributed by atoms with Crippen molar-refractivity contribution in [3.05, 3.63) is 56.7 Å². The van der Waals surface area contributed by atoms with E-state index in [-0.39, 0.29) is 10.6 Å². The van der Waals surface area contributed by atoms with E-state index in [0.717, 1.165) is 4.90 Å². The van der Waals surface area contributed by atoms with Crippen LogP contribution >= 0.6 is 11.8 Å². The molecule has 1 atom stereocenters. The summed E-state index contributed by atoms with van der Waals surface area (Å²) in [6.45, 7) is 3.04. The monoisotopic (exact) mass is 416 g/mol. The van der Waals surface area contributed by atoms with Gasteiger partial charge in [0.2, 0.25) is 0 Å². The summed E-state index contributed by atoms with van der Waals surface area (Å²) in [6, 6.07) is 6.87. The molecular formula is C19H16N2O7S. The molecule has 9 nitrogen and oxygen atoms in total. The summed E-state index contributed by atoms with van der Waals surface area (Å²) < 4.78 is 10.2. The van der Waals surface area contributed by atoms with Crippen LogP contribution in [0, 0.1) is 17.0 Å². The van der Waals surface area contributed by atoms with Crippen molar-refractivity contribution < 1.29 is 28.5 Å².